The molecule has 0 aliphatic rings. The van der Waals surface area contributed by atoms with Crippen molar-refractivity contribution in [3.8, 4) is 6.07 Å². The summed E-state index contributed by atoms with van der Waals surface area (Å²) in [5.41, 5.74) is 5.31. The number of rotatable bonds is 3. The first-order valence-electron chi connectivity index (χ1n) is 3.63. The molecular formula is C8H8F2N2S. The lowest BCUT2D eigenvalue weighted by atomic mass is 10.2. The van der Waals surface area contributed by atoms with E-state index in [0.29, 0.717) is 10.4 Å². The van der Waals surface area contributed by atoms with E-state index in [1.54, 1.807) is 5.38 Å². The summed E-state index contributed by atoms with van der Waals surface area (Å²) in [4.78, 5) is 0.493. The van der Waals surface area contributed by atoms with Gasteiger partial charge in [0.05, 0.1) is 12.1 Å². The smallest absolute Gasteiger partial charge is 0.264 e. The second kappa shape index (κ2) is 3.81. The number of nitrogens with two attached hydrogens (primary N) is 1. The van der Waals surface area contributed by atoms with Gasteiger partial charge < -0.3 is 5.73 Å². The Balaban J connectivity index is 2.70. The third-order valence-corrected chi connectivity index (χ3v) is 2.45. The summed E-state index contributed by atoms with van der Waals surface area (Å²) in [5.74, 6) is -2.86. The normalized spacial score (nSPS) is 11.2. The molecule has 0 aliphatic heterocycles. The van der Waals surface area contributed by atoms with Gasteiger partial charge in [0.1, 0.15) is 6.07 Å². The molecule has 0 saturated carbocycles. The van der Waals surface area contributed by atoms with Crippen LogP contribution in [-0.4, -0.2) is 12.5 Å². The number of halogens is 2. The monoisotopic (exact) mass is 202 g/mol. The molecule has 1 aromatic heterocycles. The molecule has 0 atom stereocenters. The maximum absolute atomic E-state index is 12.8. The van der Waals surface area contributed by atoms with Crippen molar-refractivity contribution >= 4 is 11.3 Å². The summed E-state index contributed by atoms with van der Waals surface area (Å²) in [7, 11) is 0. The summed E-state index contributed by atoms with van der Waals surface area (Å²) in [5, 5.41) is 10.0. The average Bonchev–Trinajstić information content (AvgIpc) is 2.52. The fourth-order valence-corrected chi connectivity index (χ4v) is 1.75. The Morgan fingerprint density at radius 1 is 1.62 bits per heavy atom. The molecule has 1 aromatic rings. The molecule has 1 heterocycles. The van der Waals surface area contributed by atoms with Gasteiger partial charge in [0.2, 0.25) is 0 Å². The molecule has 0 saturated heterocycles. The molecule has 0 aliphatic carbocycles. The van der Waals surface area contributed by atoms with Crippen LogP contribution >= 0.6 is 11.3 Å². The first-order chi connectivity index (χ1) is 6.07. The zero-order valence-corrected chi connectivity index (χ0v) is 7.57. The average molecular weight is 202 g/mol. The maximum atomic E-state index is 12.8. The first-order valence-corrected chi connectivity index (χ1v) is 4.51. The third-order valence-electron chi connectivity index (χ3n) is 1.51. The number of nitriles is 1. The third kappa shape index (κ3) is 2.76. The van der Waals surface area contributed by atoms with Gasteiger partial charge in [-0.15, -0.1) is 11.3 Å². The van der Waals surface area contributed by atoms with E-state index in [1.807, 2.05) is 6.07 Å². The van der Waals surface area contributed by atoms with E-state index < -0.39 is 12.5 Å². The summed E-state index contributed by atoms with van der Waals surface area (Å²) in [6, 6.07) is 3.35. The second-order valence-electron chi connectivity index (χ2n) is 2.65. The van der Waals surface area contributed by atoms with Crippen LogP contribution in [0.1, 0.15) is 10.4 Å². The van der Waals surface area contributed by atoms with Crippen LogP contribution in [-0.2, 0) is 6.42 Å². The van der Waals surface area contributed by atoms with Gasteiger partial charge in [-0.2, -0.15) is 5.26 Å². The van der Waals surface area contributed by atoms with Gasteiger partial charge in [-0.1, -0.05) is 0 Å². The molecule has 2 N–H and O–H groups in total. The van der Waals surface area contributed by atoms with E-state index in [9.17, 15) is 8.78 Å². The first kappa shape index (κ1) is 10.1. The molecule has 0 unspecified atom stereocenters. The molecule has 13 heavy (non-hydrogen) atoms. The van der Waals surface area contributed by atoms with Gasteiger partial charge in [0, 0.05) is 16.7 Å². The maximum Gasteiger partial charge on any atom is 0.264 e. The number of hydrogen-bond acceptors (Lipinski definition) is 3. The largest absolute Gasteiger partial charge is 0.325 e. The van der Waals surface area contributed by atoms with Crippen molar-refractivity contribution in [1.29, 1.82) is 5.26 Å². The Morgan fingerprint density at radius 3 is 2.77 bits per heavy atom. The van der Waals surface area contributed by atoms with Crippen LogP contribution in [0.3, 0.4) is 0 Å². The second-order valence-corrected chi connectivity index (χ2v) is 3.65. The van der Waals surface area contributed by atoms with Crippen LogP contribution in [0.4, 0.5) is 8.78 Å². The fraction of sp³-hybridized carbons (Fsp3) is 0.375. The van der Waals surface area contributed by atoms with Crippen molar-refractivity contribution in [3.63, 3.8) is 0 Å². The van der Waals surface area contributed by atoms with Crippen LogP contribution < -0.4 is 5.73 Å². The summed E-state index contributed by atoms with van der Waals surface area (Å²) >= 11 is 1.16. The van der Waals surface area contributed by atoms with E-state index in [4.69, 9.17) is 11.0 Å². The summed E-state index contributed by atoms with van der Waals surface area (Å²) in [6.07, 6.45) is -0.379. The minimum absolute atomic E-state index is 0.379. The fourth-order valence-electron chi connectivity index (χ4n) is 0.859. The van der Waals surface area contributed by atoms with E-state index in [2.05, 4.69) is 0 Å². The molecule has 0 aromatic carbocycles. The molecule has 2 nitrogen and oxygen atoms in total. The van der Waals surface area contributed by atoms with Gasteiger partial charge in [-0.25, -0.2) is 8.78 Å². The Bertz CT molecular complexity index is 327. The van der Waals surface area contributed by atoms with Gasteiger partial charge in [-0.3, -0.25) is 0 Å². The van der Waals surface area contributed by atoms with E-state index in [0.717, 1.165) is 11.3 Å². The van der Waals surface area contributed by atoms with Crippen LogP contribution in [0, 0.1) is 11.3 Å². The SMILES string of the molecule is N#Cc1csc(CC(F)(F)CN)c1. The molecule has 70 valence electrons. The molecule has 0 radical (unpaired) electrons. The van der Waals surface area contributed by atoms with Gasteiger partial charge in [0.25, 0.3) is 5.92 Å². The zero-order chi connectivity index (χ0) is 9.90. The highest BCUT2D eigenvalue weighted by atomic mass is 32.1. The van der Waals surface area contributed by atoms with Gasteiger partial charge >= 0.3 is 0 Å². The number of nitrogens with zero attached hydrogens (tertiary/aromatic N) is 1. The lowest BCUT2D eigenvalue weighted by molar-refractivity contribution is 0.0123. The highest BCUT2D eigenvalue weighted by Crippen LogP contribution is 2.23. The number of hydrogen-bond donors (Lipinski definition) is 1. The highest BCUT2D eigenvalue weighted by Gasteiger charge is 2.27. The number of thiophene rings is 1. The summed E-state index contributed by atoms with van der Waals surface area (Å²) < 4.78 is 25.5. The Labute approximate surface area is 78.6 Å². The summed E-state index contributed by atoms with van der Waals surface area (Å²) in [6.45, 7) is -0.660. The van der Waals surface area contributed by atoms with E-state index in [-0.39, 0.29) is 6.42 Å². The quantitative estimate of drug-likeness (QED) is 0.811. The standard InChI is InChI=1S/C8H8F2N2S/c9-8(10,5-12)2-7-1-6(3-11)4-13-7/h1,4H,2,5,12H2. The van der Waals surface area contributed by atoms with Crippen molar-refractivity contribution in [2.24, 2.45) is 5.73 Å². The molecule has 0 amide bonds. The van der Waals surface area contributed by atoms with Crippen molar-refractivity contribution < 1.29 is 8.78 Å². The van der Waals surface area contributed by atoms with Gasteiger partial charge in [-0.05, 0) is 6.07 Å². The number of alkyl halides is 2. The van der Waals surface area contributed by atoms with Crippen LogP contribution in [0.15, 0.2) is 11.4 Å². The molecule has 0 fully saturated rings. The predicted octanol–water partition coefficient (Wildman–Crippen LogP) is 1.76. The highest BCUT2D eigenvalue weighted by molar-refractivity contribution is 7.10. The van der Waals surface area contributed by atoms with Crippen LogP contribution in [0.5, 0.6) is 0 Å². The van der Waals surface area contributed by atoms with Gasteiger partial charge in [0.15, 0.2) is 0 Å². The molecule has 5 heteroatoms. The lowest BCUT2D eigenvalue weighted by Crippen LogP contribution is -2.29. The Hall–Kier alpha value is -0.990. The molecule has 1 rings (SSSR count). The Kier molecular flexibility index (Phi) is 2.96. The topological polar surface area (TPSA) is 49.8 Å². The van der Waals surface area contributed by atoms with Crippen molar-refractivity contribution in [2.45, 2.75) is 12.3 Å². The minimum atomic E-state index is -2.86. The predicted molar refractivity (Wildman–Crippen MR) is 46.7 cm³/mol. The molecular weight excluding hydrogens is 194 g/mol. The van der Waals surface area contributed by atoms with Crippen molar-refractivity contribution in [1.82, 2.24) is 0 Å². The Morgan fingerprint density at radius 2 is 2.31 bits per heavy atom. The van der Waals surface area contributed by atoms with Crippen molar-refractivity contribution in [2.75, 3.05) is 6.54 Å². The van der Waals surface area contributed by atoms with Crippen LogP contribution in [0.2, 0.25) is 0 Å². The van der Waals surface area contributed by atoms with Crippen molar-refractivity contribution in [3.05, 3.63) is 21.9 Å². The molecule has 0 spiro atoms. The van der Waals surface area contributed by atoms with Crippen LogP contribution in [0.25, 0.3) is 0 Å². The van der Waals surface area contributed by atoms with E-state index >= 15 is 0 Å². The zero-order valence-electron chi connectivity index (χ0n) is 6.76. The molecule has 0 bridgehead atoms. The van der Waals surface area contributed by atoms with E-state index in [1.165, 1.54) is 6.07 Å². The lowest BCUT2D eigenvalue weighted by Gasteiger charge is -2.11. The minimum Gasteiger partial charge on any atom is -0.325 e.